The molecule has 1 fully saturated rings. The van der Waals surface area contributed by atoms with Crippen molar-refractivity contribution in [3.05, 3.63) is 51.7 Å². The van der Waals surface area contributed by atoms with E-state index in [0.29, 0.717) is 19.2 Å². The van der Waals surface area contributed by atoms with E-state index >= 15 is 0 Å². The van der Waals surface area contributed by atoms with Crippen LogP contribution in [0.5, 0.6) is 5.75 Å². The standard InChI is InChI=1S/C19H25NO2S/c1-14-6-3-4-8-18(14)22-13-16(21)12-20-11-5-7-17(20)19-10-9-15(2)23-19/h3-4,6,8-10,16-17,21H,5,7,11-13H2,1-2H3. The van der Waals surface area contributed by atoms with Gasteiger partial charge in [0.05, 0.1) is 0 Å². The molecule has 3 nitrogen and oxygen atoms in total. The third-order valence-corrected chi connectivity index (χ3v) is 5.53. The van der Waals surface area contributed by atoms with Crippen LogP contribution in [-0.2, 0) is 0 Å². The van der Waals surface area contributed by atoms with E-state index in [4.69, 9.17) is 4.74 Å². The van der Waals surface area contributed by atoms with Crippen LogP contribution >= 0.6 is 11.3 Å². The van der Waals surface area contributed by atoms with E-state index in [0.717, 1.165) is 17.9 Å². The van der Waals surface area contributed by atoms with Crippen LogP contribution in [0.4, 0.5) is 0 Å². The molecule has 23 heavy (non-hydrogen) atoms. The number of hydrogen-bond acceptors (Lipinski definition) is 4. The number of aliphatic hydroxyl groups excluding tert-OH is 1. The molecule has 0 saturated carbocycles. The largest absolute Gasteiger partial charge is 0.491 e. The summed E-state index contributed by atoms with van der Waals surface area (Å²) in [5.41, 5.74) is 1.10. The molecule has 0 amide bonds. The molecule has 0 bridgehead atoms. The molecule has 124 valence electrons. The molecule has 3 rings (SSSR count). The first-order valence-electron chi connectivity index (χ1n) is 8.30. The number of nitrogens with zero attached hydrogens (tertiary/aromatic N) is 1. The Morgan fingerprint density at radius 1 is 1.26 bits per heavy atom. The Balaban J connectivity index is 1.54. The molecule has 1 N–H and O–H groups in total. The summed E-state index contributed by atoms with van der Waals surface area (Å²) in [6, 6.07) is 12.8. The molecule has 0 aliphatic carbocycles. The Morgan fingerprint density at radius 3 is 2.83 bits per heavy atom. The fourth-order valence-corrected chi connectivity index (χ4v) is 4.27. The lowest BCUT2D eigenvalue weighted by atomic mass is 10.2. The van der Waals surface area contributed by atoms with Crippen molar-refractivity contribution in [2.45, 2.75) is 38.8 Å². The summed E-state index contributed by atoms with van der Waals surface area (Å²) in [5, 5.41) is 10.4. The van der Waals surface area contributed by atoms with Gasteiger partial charge >= 0.3 is 0 Å². The second kappa shape index (κ2) is 7.47. The van der Waals surface area contributed by atoms with Crippen LogP contribution in [0.1, 0.15) is 34.2 Å². The van der Waals surface area contributed by atoms with Crippen molar-refractivity contribution in [3.8, 4) is 5.75 Å². The van der Waals surface area contributed by atoms with Gasteiger partial charge in [-0.3, -0.25) is 4.90 Å². The Kier molecular flexibility index (Phi) is 5.36. The topological polar surface area (TPSA) is 32.7 Å². The number of likely N-dealkylation sites (tertiary alicyclic amines) is 1. The number of para-hydroxylation sites is 1. The maximum absolute atomic E-state index is 10.4. The Morgan fingerprint density at radius 2 is 2.09 bits per heavy atom. The molecule has 1 aliphatic heterocycles. The fourth-order valence-electron chi connectivity index (χ4n) is 3.23. The summed E-state index contributed by atoms with van der Waals surface area (Å²) in [4.78, 5) is 5.18. The van der Waals surface area contributed by atoms with Crippen LogP contribution in [0.2, 0.25) is 0 Å². The van der Waals surface area contributed by atoms with Crippen LogP contribution in [0.25, 0.3) is 0 Å². The minimum absolute atomic E-state index is 0.345. The van der Waals surface area contributed by atoms with Crippen LogP contribution in [0.3, 0.4) is 0 Å². The third-order valence-electron chi connectivity index (χ3n) is 4.42. The highest BCUT2D eigenvalue weighted by Crippen LogP contribution is 2.35. The highest BCUT2D eigenvalue weighted by molar-refractivity contribution is 7.12. The van der Waals surface area contributed by atoms with Crippen molar-refractivity contribution >= 4 is 11.3 Å². The molecular weight excluding hydrogens is 306 g/mol. The van der Waals surface area contributed by atoms with Gasteiger partial charge in [-0.05, 0) is 57.0 Å². The van der Waals surface area contributed by atoms with Crippen molar-refractivity contribution in [2.75, 3.05) is 19.7 Å². The van der Waals surface area contributed by atoms with E-state index in [2.05, 4.69) is 24.0 Å². The smallest absolute Gasteiger partial charge is 0.122 e. The number of ether oxygens (including phenoxy) is 1. The van der Waals surface area contributed by atoms with Gasteiger partial charge in [0.1, 0.15) is 18.5 Å². The van der Waals surface area contributed by atoms with Gasteiger partial charge in [0, 0.05) is 22.3 Å². The zero-order chi connectivity index (χ0) is 16.2. The quantitative estimate of drug-likeness (QED) is 0.870. The van der Waals surface area contributed by atoms with Gasteiger partial charge in [0.25, 0.3) is 0 Å². The van der Waals surface area contributed by atoms with Gasteiger partial charge in [-0.1, -0.05) is 18.2 Å². The van der Waals surface area contributed by atoms with E-state index in [1.807, 2.05) is 42.5 Å². The summed E-state index contributed by atoms with van der Waals surface area (Å²) in [5.74, 6) is 0.860. The summed E-state index contributed by atoms with van der Waals surface area (Å²) in [7, 11) is 0. The number of rotatable bonds is 6. The third kappa shape index (κ3) is 4.14. The van der Waals surface area contributed by atoms with Crippen molar-refractivity contribution in [1.82, 2.24) is 4.90 Å². The summed E-state index contributed by atoms with van der Waals surface area (Å²) in [6.45, 7) is 6.25. The zero-order valence-electron chi connectivity index (χ0n) is 13.9. The van der Waals surface area contributed by atoms with Crippen LogP contribution in [-0.4, -0.2) is 35.8 Å². The first-order valence-corrected chi connectivity index (χ1v) is 9.12. The van der Waals surface area contributed by atoms with E-state index < -0.39 is 6.10 Å². The van der Waals surface area contributed by atoms with E-state index in [1.165, 1.54) is 22.6 Å². The lowest BCUT2D eigenvalue weighted by Crippen LogP contribution is -2.35. The van der Waals surface area contributed by atoms with Gasteiger partial charge in [0.15, 0.2) is 0 Å². The van der Waals surface area contributed by atoms with E-state index in [-0.39, 0.29) is 0 Å². The van der Waals surface area contributed by atoms with Crippen LogP contribution in [0.15, 0.2) is 36.4 Å². The predicted octanol–water partition coefficient (Wildman–Crippen LogP) is 3.94. The molecule has 0 spiro atoms. The Hall–Kier alpha value is -1.36. The molecule has 2 unspecified atom stereocenters. The highest BCUT2D eigenvalue weighted by atomic mass is 32.1. The highest BCUT2D eigenvalue weighted by Gasteiger charge is 2.28. The van der Waals surface area contributed by atoms with Gasteiger partial charge < -0.3 is 9.84 Å². The maximum atomic E-state index is 10.4. The molecule has 2 aromatic rings. The first-order chi connectivity index (χ1) is 11.1. The maximum Gasteiger partial charge on any atom is 0.122 e. The molecule has 2 atom stereocenters. The van der Waals surface area contributed by atoms with E-state index in [9.17, 15) is 5.11 Å². The van der Waals surface area contributed by atoms with Crippen molar-refractivity contribution in [3.63, 3.8) is 0 Å². The predicted molar refractivity (Wildman–Crippen MR) is 95.3 cm³/mol. The second-order valence-electron chi connectivity index (χ2n) is 6.33. The van der Waals surface area contributed by atoms with Gasteiger partial charge in [-0.15, -0.1) is 11.3 Å². The molecule has 1 saturated heterocycles. The lowest BCUT2D eigenvalue weighted by molar-refractivity contribution is 0.0641. The van der Waals surface area contributed by atoms with Gasteiger partial charge in [-0.25, -0.2) is 0 Å². The molecule has 2 heterocycles. The zero-order valence-corrected chi connectivity index (χ0v) is 14.7. The summed E-state index contributed by atoms with van der Waals surface area (Å²) < 4.78 is 5.78. The number of benzene rings is 1. The van der Waals surface area contributed by atoms with Gasteiger partial charge in [-0.2, -0.15) is 0 Å². The Labute approximate surface area is 142 Å². The minimum atomic E-state index is -0.462. The second-order valence-corrected chi connectivity index (χ2v) is 7.65. The van der Waals surface area contributed by atoms with Crippen LogP contribution in [0, 0.1) is 13.8 Å². The van der Waals surface area contributed by atoms with Gasteiger partial charge in [0.2, 0.25) is 0 Å². The average Bonchev–Trinajstić information content (AvgIpc) is 3.15. The summed E-state index contributed by atoms with van der Waals surface area (Å²) >= 11 is 1.87. The lowest BCUT2D eigenvalue weighted by Gasteiger charge is -2.26. The summed E-state index contributed by atoms with van der Waals surface area (Å²) in [6.07, 6.45) is 1.93. The fraction of sp³-hybridized carbons (Fsp3) is 0.474. The number of hydrogen-bond donors (Lipinski definition) is 1. The molecule has 0 radical (unpaired) electrons. The van der Waals surface area contributed by atoms with E-state index in [1.54, 1.807) is 0 Å². The SMILES string of the molecule is Cc1ccc(C2CCCN2CC(O)COc2ccccc2C)s1. The monoisotopic (exact) mass is 331 g/mol. The van der Waals surface area contributed by atoms with Crippen molar-refractivity contribution in [1.29, 1.82) is 0 Å². The Bertz CT molecular complexity index is 640. The first kappa shape index (κ1) is 16.5. The normalized spacial score (nSPS) is 19.9. The molecule has 1 aromatic carbocycles. The molecule has 1 aliphatic rings. The number of aliphatic hydroxyl groups is 1. The number of aryl methyl sites for hydroxylation is 2. The molecule has 4 heteroatoms. The average molecular weight is 331 g/mol. The van der Waals surface area contributed by atoms with Crippen molar-refractivity contribution in [2.24, 2.45) is 0 Å². The van der Waals surface area contributed by atoms with Crippen molar-refractivity contribution < 1.29 is 9.84 Å². The number of β-amino-alcohol motifs (C(OH)–C–C–N with tert-alkyl or cyclic N) is 1. The number of thiophene rings is 1. The molecule has 1 aromatic heterocycles. The van der Waals surface area contributed by atoms with Crippen LogP contribution < -0.4 is 4.74 Å². The minimum Gasteiger partial charge on any atom is -0.491 e. The molecular formula is C19H25NO2S.